The number of rotatable bonds is 8. The molecule has 0 saturated heterocycles. The van der Waals surface area contributed by atoms with E-state index in [2.05, 4.69) is 15.7 Å². The minimum absolute atomic E-state index is 0.0281. The quantitative estimate of drug-likeness (QED) is 0.389. The number of amides is 1. The Morgan fingerprint density at radius 2 is 1.60 bits per heavy atom. The molecule has 2 aromatic carbocycles. The van der Waals surface area contributed by atoms with E-state index in [1.807, 2.05) is 6.08 Å². The first-order valence-electron chi connectivity index (χ1n) is 13.6. The zero-order valence-electron chi connectivity index (χ0n) is 23.1. The standard InChI is InChI=1S/C30H29F2N5O5/c1-3-41-29(39)26-28(30(40)42-4-2)36(35-33-26)17-24(38)37-27(19-10-14-22(32)15-11-19)23-7-5-6-20(25(23)34-37)16-18-8-12-21(31)13-9-18/h8-16,27,34H,3-7,17H2,1-2H3. The second-order valence-corrected chi connectivity index (χ2v) is 9.69. The summed E-state index contributed by atoms with van der Waals surface area (Å²) in [5.41, 5.74) is 6.70. The van der Waals surface area contributed by atoms with Crippen LogP contribution in [0.2, 0.25) is 0 Å². The Balaban J connectivity index is 1.51. The summed E-state index contributed by atoms with van der Waals surface area (Å²) in [6.07, 6.45) is 4.16. The molecule has 0 spiro atoms. The predicted octanol–water partition coefficient (Wildman–Crippen LogP) is 4.52. The molecule has 1 atom stereocenters. The molecule has 3 aromatic rings. The maximum Gasteiger partial charge on any atom is 0.361 e. The van der Waals surface area contributed by atoms with Crippen LogP contribution in [0.5, 0.6) is 0 Å². The minimum Gasteiger partial charge on any atom is -0.461 e. The number of carbonyl (C=O) groups is 3. The van der Waals surface area contributed by atoms with Crippen LogP contribution in [0.15, 0.2) is 65.4 Å². The fraction of sp³-hybridized carbons (Fsp3) is 0.300. The summed E-state index contributed by atoms with van der Waals surface area (Å²) in [5.74, 6) is -2.98. The third-order valence-corrected chi connectivity index (χ3v) is 6.98. The van der Waals surface area contributed by atoms with Gasteiger partial charge in [0.1, 0.15) is 24.2 Å². The van der Waals surface area contributed by atoms with Crippen LogP contribution in [0.1, 0.15) is 71.3 Å². The Morgan fingerprint density at radius 3 is 2.26 bits per heavy atom. The largest absolute Gasteiger partial charge is 0.461 e. The monoisotopic (exact) mass is 577 g/mol. The van der Waals surface area contributed by atoms with Crippen LogP contribution in [0.3, 0.4) is 0 Å². The van der Waals surface area contributed by atoms with E-state index in [0.29, 0.717) is 12.0 Å². The van der Waals surface area contributed by atoms with E-state index in [0.717, 1.165) is 39.9 Å². The highest BCUT2D eigenvalue weighted by Crippen LogP contribution is 2.44. The molecular weight excluding hydrogens is 548 g/mol. The lowest BCUT2D eigenvalue weighted by Gasteiger charge is -2.27. The van der Waals surface area contributed by atoms with Crippen LogP contribution in [0, 0.1) is 11.6 Å². The first-order valence-corrected chi connectivity index (χ1v) is 13.6. The topological polar surface area (TPSA) is 116 Å². The van der Waals surface area contributed by atoms with Crippen molar-refractivity contribution in [1.29, 1.82) is 0 Å². The van der Waals surface area contributed by atoms with Crippen molar-refractivity contribution >= 4 is 23.9 Å². The van der Waals surface area contributed by atoms with Crippen molar-refractivity contribution < 1.29 is 32.6 Å². The van der Waals surface area contributed by atoms with Crippen LogP contribution in [0.25, 0.3) is 6.08 Å². The van der Waals surface area contributed by atoms with Gasteiger partial charge in [-0.2, -0.15) is 0 Å². The van der Waals surface area contributed by atoms with Crippen molar-refractivity contribution in [1.82, 2.24) is 25.4 Å². The lowest BCUT2D eigenvalue weighted by atomic mass is 9.86. The van der Waals surface area contributed by atoms with Crippen molar-refractivity contribution in [2.24, 2.45) is 0 Å². The summed E-state index contributed by atoms with van der Waals surface area (Å²) >= 11 is 0. The van der Waals surface area contributed by atoms with Crippen molar-refractivity contribution in [3.8, 4) is 0 Å². The lowest BCUT2D eigenvalue weighted by molar-refractivity contribution is -0.135. The van der Waals surface area contributed by atoms with Crippen molar-refractivity contribution in [2.45, 2.75) is 45.7 Å². The molecule has 1 aliphatic carbocycles. The molecule has 10 nitrogen and oxygen atoms in total. The zero-order valence-corrected chi connectivity index (χ0v) is 23.1. The highest BCUT2D eigenvalue weighted by atomic mass is 19.1. The summed E-state index contributed by atoms with van der Waals surface area (Å²) in [4.78, 5) is 39.1. The fourth-order valence-corrected chi connectivity index (χ4v) is 5.16. The van der Waals surface area contributed by atoms with E-state index in [1.54, 1.807) is 38.1 Å². The van der Waals surface area contributed by atoms with Gasteiger partial charge in [0.15, 0.2) is 5.69 Å². The number of esters is 2. The number of hydrogen-bond acceptors (Lipinski definition) is 8. The van der Waals surface area contributed by atoms with E-state index in [4.69, 9.17) is 9.47 Å². The van der Waals surface area contributed by atoms with Crippen molar-refractivity contribution in [2.75, 3.05) is 13.2 Å². The van der Waals surface area contributed by atoms with Gasteiger partial charge in [-0.1, -0.05) is 29.5 Å². The molecule has 12 heteroatoms. The summed E-state index contributed by atoms with van der Waals surface area (Å²) in [6.45, 7) is 2.84. The number of allylic oxidation sites excluding steroid dienone is 1. The fourth-order valence-electron chi connectivity index (χ4n) is 5.16. The molecule has 2 heterocycles. The number of aromatic nitrogens is 3. The molecule has 1 aliphatic heterocycles. The van der Waals surface area contributed by atoms with Gasteiger partial charge in [0.05, 0.1) is 18.9 Å². The lowest BCUT2D eigenvalue weighted by Crippen LogP contribution is -2.42. The third kappa shape index (κ3) is 5.78. The first kappa shape index (κ1) is 28.7. The van der Waals surface area contributed by atoms with Gasteiger partial charge in [-0.25, -0.2) is 28.1 Å². The molecule has 2 aliphatic rings. The molecule has 0 radical (unpaired) electrons. The van der Waals surface area contributed by atoms with Gasteiger partial charge >= 0.3 is 11.9 Å². The van der Waals surface area contributed by atoms with Gasteiger partial charge in [-0.15, -0.1) is 5.10 Å². The minimum atomic E-state index is -0.871. The third-order valence-electron chi connectivity index (χ3n) is 6.98. The Bertz CT molecular complexity index is 1560. The molecule has 5 rings (SSSR count). The molecule has 1 aromatic heterocycles. The van der Waals surface area contributed by atoms with Gasteiger partial charge in [0, 0.05) is 0 Å². The molecule has 1 amide bonds. The number of nitrogens with zero attached hydrogens (tertiary/aromatic N) is 4. The van der Waals surface area contributed by atoms with Gasteiger partial charge in [0.2, 0.25) is 5.69 Å². The van der Waals surface area contributed by atoms with Crippen molar-refractivity contribution in [3.63, 3.8) is 0 Å². The first-order chi connectivity index (χ1) is 20.3. The average molecular weight is 578 g/mol. The Labute approximate surface area is 240 Å². The average Bonchev–Trinajstić information content (AvgIpc) is 3.58. The molecule has 42 heavy (non-hydrogen) atoms. The number of nitrogens with one attached hydrogen (secondary N) is 1. The molecule has 218 valence electrons. The zero-order chi connectivity index (χ0) is 29.8. The van der Waals surface area contributed by atoms with Crippen LogP contribution in [-0.4, -0.2) is 51.1 Å². The Morgan fingerprint density at radius 1 is 0.952 bits per heavy atom. The maximum absolute atomic E-state index is 13.9. The van der Waals surface area contributed by atoms with E-state index in [1.165, 1.54) is 29.3 Å². The number of carbonyl (C=O) groups excluding carboxylic acids is 3. The van der Waals surface area contributed by atoms with Gasteiger partial charge in [-0.05, 0) is 85.7 Å². The summed E-state index contributed by atoms with van der Waals surface area (Å²) in [6, 6.07) is 11.4. The van der Waals surface area contributed by atoms with Crippen LogP contribution in [0.4, 0.5) is 8.78 Å². The van der Waals surface area contributed by atoms with Gasteiger partial charge < -0.3 is 9.47 Å². The normalized spacial score (nSPS) is 17.2. The van der Waals surface area contributed by atoms with E-state index < -0.39 is 36.2 Å². The molecule has 0 bridgehead atoms. The van der Waals surface area contributed by atoms with Gasteiger partial charge in [-0.3, -0.25) is 10.2 Å². The molecule has 1 N–H and O–H groups in total. The Kier molecular flexibility index (Phi) is 8.41. The molecule has 1 unspecified atom stereocenters. The highest BCUT2D eigenvalue weighted by Gasteiger charge is 2.40. The van der Waals surface area contributed by atoms with E-state index in [9.17, 15) is 23.2 Å². The second-order valence-electron chi connectivity index (χ2n) is 9.69. The number of hydrazine groups is 1. The number of halogens is 2. The van der Waals surface area contributed by atoms with Crippen LogP contribution >= 0.6 is 0 Å². The van der Waals surface area contributed by atoms with Crippen molar-refractivity contribution in [3.05, 3.63) is 99.5 Å². The Hall–Kier alpha value is -4.87. The smallest absolute Gasteiger partial charge is 0.361 e. The number of hydrogen-bond donors (Lipinski definition) is 1. The maximum atomic E-state index is 13.9. The van der Waals surface area contributed by atoms with Crippen LogP contribution in [-0.2, 0) is 20.8 Å². The second kappa shape index (κ2) is 12.3. The number of benzene rings is 2. The SMILES string of the molecule is CCOC(=O)c1nnn(CC(=O)N2NC3=C(CCCC3=Cc3ccc(F)cc3)C2c2ccc(F)cc2)c1C(=O)OCC. The molecule has 0 fully saturated rings. The van der Waals surface area contributed by atoms with Gasteiger partial charge in [0.25, 0.3) is 5.91 Å². The predicted molar refractivity (Wildman–Crippen MR) is 146 cm³/mol. The highest BCUT2D eigenvalue weighted by molar-refractivity contribution is 6.00. The molecule has 0 saturated carbocycles. The summed E-state index contributed by atoms with van der Waals surface area (Å²) < 4.78 is 38.4. The summed E-state index contributed by atoms with van der Waals surface area (Å²) in [5, 5.41) is 9.12. The van der Waals surface area contributed by atoms with Crippen LogP contribution < -0.4 is 5.43 Å². The summed E-state index contributed by atoms with van der Waals surface area (Å²) in [7, 11) is 0. The molecular formula is C30H29F2N5O5. The number of ether oxygens (including phenoxy) is 2. The van der Waals surface area contributed by atoms with E-state index >= 15 is 0 Å². The van der Waals surface area contributed by atoms with E-state index in [-0.39, 0.29) is 30.4 Å².